The summed E-state index contributed by atoms with van der Waals surface area (Å²) in [7, 11) is 2.17. The predicted octanol–water partition coefficient (Wildman–Crippen LogP) is 5.49. The van der Waals surface area contributed by atoms with Gasteiger partial charge in [0.15, 0.2) is 0 Å². The monoisotopic (exact) mass is 594 g/mol. The molecule has 1 amide bonds. The van der Waals surface area contributed by atoms with Crippen molar-refractivity contribution in [1.82, 2.24) is 20.2 Å². The number of nitrogens with one attached hydrogen (secondary N) is 4. The number of rotatable bonds is 12. The molecule has 12 nitrogen and oxygen atoms in total. The van der Waals surface area contributed by atoms with Crippen LogP contribution in [0.15, 0.2) is 65.8 Å². The Morgan fingerprint density at radius 1 is 1.07 bits per heavy atom. The summed E-state index contributed by atoms with van der Waals surface area (Å²) in [5.41, 5.74) is 15.6. The zero-order valence-corrected chi connectivity index (χ0v) is 24.9. The van der Waals surface area contributed by atoms with E-state index in [1.165, 1.54) is 5.69 Å². The molecule has 2 aliphatic heterocycles. The average Bonchev–Trinajstić information content (AvgIpc) is 3.67. The fourth-order valence-electron chi connectivity index (χ4n) is 5.56. The van der Waals surface area contributed by atoms with Crippen molar-refractivity contribution >= 4 is 34.0 Å². The van der Waals surface area contributed by atoms with E-state index < -0.39 is 0 Å². The summed E-state index contributed by atoms with van der Waals surface area (Å²) in [6.07, 6.45) is 1.53. The van der Waals surface area contributed by atoms with Crippen LogP contribution in [0.5, 0.6) is 5.75 Å². The van der Waals surface area contributed by atoms with E-state index in [1.807, 2.05) is 18.2 Å². The van der Waals surface area contributed by atoms with Crippen molar-refractivity contribution in [2.24, 2.45) is 5.11 Å². The molecule has 6 rings (SSSR count). The zero-order chi connectivity index (χ0) is 30.3. The summed E-state index contributed by atoms with van der Waals surface area (Å²) in [5.74, 6) is 1.58. The van der Waals surface area contributed by atoms with Gasteiger partial charge >= 0.3 is 0 Å². The van der Waals surface area contributed by atoms with Crippen molar-refractivity contribution in [3.63, 3.8) is 0 Å². The minimum atomic E-state index is -0.0956. The Hall–Kier alpha value is -4.93. The van der Waals surface area contributed by atoms with Gasteiger partial charge in [-0.25, -0.2) is 4.98 Å². The van der Waals surface area contributed by atoms with Crippen LogP contribution in [-0.2, 0) is 4.79 Å². The third-order valence-corrected chi connectivity index (χ3v) is 8.06. The van der Waals surface area contributed by atoms with Crippen molar-refractivity contribution in [3.05, 3.63) is 76.7 Å². The van der Waals surface area contributed by atoms with Crippen LogP contribution in [0.25, 0.3) is 32.9 Å². The Morgan fingerprint density at radius 2 is 1.93 bits per heavy atom. The molecule has 0 saturated carbocycles. The molecule has 2 aliphatic rings. The van der Waals surface area contributed by atoms with E-state index in [0.29, 0.717) is 39.0 Å². The van der Waals surface area contributed by atoms with Crippen LogP contribution in [0.3, 0.4) is 0 Å². The zero-order valence-electron chi connectivity index (χ0n) is 24.9. The lowest BCUT2D eigenvalue weighted by molar-refractivity contribution is -0.121. The molecule has 1 saturated heterocycles. The lowest BCUT2D eigenvalue weighted by Gasteiger charge is -2.34. The molecule has 3 aromatic carbocycles. The Morgan fingerprint density at radius 3 is 2.80 bits per heavy atom. The van der Waals surface area contributed by atoms with Gasteiger partial charge in [-0.2, -0.15) is 0 Å². The topological polar surface area (TPSA) is 146 Å². The number of hydrogen-bond acceptors (Lipinski definition) is 8. The highest BCUT2D eigenvalue weighted by Gasteiger charge is 2.22. The summed E-state index contributed by atoms with van der Waals surface area (Å²) in [4.78, 5) is 27.9. The van der Waals surface area contributed by atoms with Gasteiger partial charge in [-0.15, -0.1) is 0 Å². The summed E-state index contributed by atoms with van der Waals surface area (Å²) in [6.45, 7) is 5.54. The molecule has 1 unspecified atom stereocenters. The summed E-state index contributed by atoms with van der Waals surface area (Å²) in [6, 6.07) is 20.8. The highest BCUT2D eigenvalue weighted by molar-refractivity contribution is 5.85. The molecule has 0 aliphatic carbocycles. The van der Waals surface area contributed by atoms with Crippen LogP contribution in [0.4, 0.5) is 17.1 Å². The van der Waals surface area contributed by atoms with Gasteiger partial charge in [-0.1, -0.05) is 17.2 Å². The van der Waals surface area contributed by atoms with E-state index in [9.17, 15) is 4.79 Å². The molecule has 0 bridgehead atoms. The lowest BCUT2D eigenvalue weighted by Crippen LogP contribution is -2.44. The van der Waals surface area contributed by atoms with Gasteiger partial charge in [0.2, 0.25) is 5.91 Å². The summed E-state index contributed by atoms with van der Waals surface area (Å²) >= 11 is 0. The summed E-state index contributed by atoms with van der Waals surface area (Å²) < 4.78 is 5.94. The predicted molar refractivity (Wildman–Crippen MR) is 174 cm³/mol. The van der Waals surface area contributed by atoms with Gasteiger partial charge < -0.3 is 35.5 Å². The van der Waals surface area contributed by atoms with Crippen molar-refractivity contribution in [1.29, 1.82) is 0 Å². The van der Waals surface area contributed by atoms with Crippen molar-refractivity contribution in [2.75, 3.05) is 68.5 Å². The number of benzene rings is 3. The molecule has 4 N–H and O–H groups in total. The number of aromatic amines is 1. The third-order valence-electron chi connectivity index (χ3n) is 8.06. The Kier molecular flexibility index (Phi) is 9.00. The second-order valence-electron chi connectivity index (χ2n) is 11.2. The number of ether oxygens (including phenoxy) is 1. The smallest absolute Gasteiger partial charge is 0.220 e. The minimum Gasteiger partial charge on any atom is -0.494 e. The number of azide groups is 1. The van der Waals surface area contributed by atoms with Gasteiger partial charge in [-0.3, -0.25) is 4.79 Å². The fourth-order valence-corrected chi connectivity index (χ4v) is 5.56. The van der Waals surface area contributed by atoms with Crippen molar-refractivity contribution < 1.29 is 9.53 Å². The van der Waals surface area contributed by atoms with Crippen molar-refractivity contribution in [3.8, 4) is 17.1 Å². The molecule has 12 heteroatoms. The Balaban J connectivity index is 1.03. The first-order chi connectivity index (χ1) is 21.6. The van der Waals surface area contributed by atoms with E-state index in [4.69, 9.17) is 15.3 Å². The number of fused-ring (bicyclic) bond motifs is 2. The van der Waals surface area contributed by atoms with E-state index >= 15 is 0 Å². The number of aromatic nitrogens is 2. The van der Waals surface area contributed by atoms with Crippen LogP contribution in [0, 0.1) is 0 Å². The van der Waals surface area contributed by atoms with E-state index in [2.05, 4.69) is 90.3 Å². The molecule has 1 atom stereocenters. The second-order valence-corrected chi connectivity index (χ2v) is 11.2. The number of H-pyrrole nitrogens is 1. The maximum absolute atomic E-state index is 12.0. The van der Waals surface area contributed by atoms with Crippen LogP contribution >= 0.6 is 0 Å². The Bertz CT molecular complexity index is 1660. The molecular weight excluding hydrogens is 556 g/mol. The molecule has 1 fully saturated rings. The second kappa shape index (κ2) is 13.6. The normalized spacial score (nSPS) is 16.1. The number of anilines is 3. The first-order valence-corrected chi connectivity index (χ1v) is 15.2. The molecule has 228 valence electrons. The fraction of sp³-hybridized carbons (Fsp3) is 0.375. The number of carbonyl (C=O) groups excluding carboxylic acids is 1. The number of hydrogen-bond donors (Lipinski definition) is 4. The van der Waals surface area contributed by atoms with Crippen LogP contribution in [-0.4, -0.2) is 73.7 Å². The van der Waals surface area contributed by atoms with Gasteiger partial charge in [0, 0.05) is 61.9 Å². The number of imidazole rings is 1. The number of piperazine rings is 1. The maximum Gasteiger partial charge on any atom is 0.220 e. The van der Waals surface area contributed by atoms with Gasteiger partial charge in [0.1, 0.15) is 17.7 Å². The van der Waals surface area contributed by atoms with E-state index in [-0.39, 0.29) is 12.1 Å². The van der Waals surface area contributed by atoms with E-state index in [1.54, 1.807) is 0 Å². The van der Waals surface area contributed by atoms with Crippen LogP contribution in [0.2, 0.25) is 0 Å². The maximum atomic E-state index is 12.0. The standard InChI is InChI=1S/C32H38N10O2/c1-41-14-16-42(17-15-41)24-9-11-27-29(21-24)39-32(37-27)23-8-10-26-28(20-23)38-31(36-26)22-5-2-6-25(19-22)44-18-3-7-30(43)34-12-4-13-35-40-33/h2,5-6,8-11,19-21,31,36,38H,3-4,7,12-18H2,1H3,(H,34,43)(H,37,39). The first kappa shape index (κ1) is 29.2. The number of nitrogens with zero attached hydrogens (tertiary/aromatic N) is 6. The number of amides is 1. The number of carbonyl (C=O) groups is 1. The highest BCUT2D eigenvalue weighted by atomic mass is 16.5. The molecule has 0 radical (unpaired) electrons. The molecular formula is C32H38N10O2. The third kappa shape index (κ3) is 6.99. The van der Waals surface area contributed by atoms with Crippen molar-refractivity contribution in [2.45, 2.75) is 25.4 Å². The van der Waals surface area contributed by atoms with Gasteiger partial charge in [0.25, 0.3) is 0 Å². The first-order valence-electron chi connectivity index (χ1n) is 15.2. The van der Waals surface area contributed by atoms with E-state index in [0.717, 1.165) is 71.3 Å². The molecule has 4 aromatic rings. The highest BCUT2D eigenvalue weighted by Crippen LogP contribution is 2.38. The number of likely N-dealkylation sites (N-methyl/N-ethyl adjacent to an activating group) is 1. The van der Waals surface area contributed by atoms with Gasteiger partial charge in [0.05, 0.1) is 29.0 Å². The summed E-state index contributed by atoms with van der Waals surface area (Å²) in [5, 5.41) is 13.4. The molecule has 0 spiro atoms. The largest absolute Gasteiger partial charge is 0.494 e. The van der Waals surface area contributed by atoms with Crippen LogP contribution < -0.4 is 25.6 Å². The lowest BCUT2D eigenvalue weighted by atomic mass is 10.1. The average molecular weight is 595 g/mol. The Labute approximate surface area is 256 Å². The SMILES string of the molecule is CN1CCN(c2ccc3nc(-c4ccc5c(c4)NC(c4cccc(OCCCC(=O)NCCCN=[N+]=[N-])c4)N5)[nH]c3c2)CC1. The van der Waals surface area contributed by atoms with Crippen LogP contribution in [0.1, 0.15) is 31.0 Å². The molecule has 44 heavy (non-hydrogen) atoms. The van der Waals surface area contributed by atoms with Gasteiger partial charge in [-0.05, 0) is 79.5 Å². The molecule has 1 aromatic heterocycles. The quantitative estimate of drug-likeness (QED) is 0.0734. The minimum absolute atomic E-state index is 0.0298. The molecule has 3 heterocycles.